The number of hydrogen-bond acceptors (Lipinski definition) is 5. The summed E-state index contributed by atoms with van der Waals surface area (Å²) in [6.07, 6.45) is -9.64. The van der Waals surface area contributed by atoms with Gasteiger partial charge >= 0.3 is 12.4 Å². The molecule has 0 saturated carbocycles. The molecule has 2 aromatic rings. The highest BCUT2D eigenvalue weighted by molar-refractivity contribution is 7.13. The first-order valence-electron chi connectivity index (χ1n) is 6.47. The number of carbonyl (C=O) groups is 1. The average molecular weight is 452 g/mol. The number of phenols is 1. The molecule has 2 rings (SSSR count). The number of nitrogens with one attached hydrogen (secondary N) is 1. The third-order valence-electron chi connectivity index (χ3n) is 2.77. The van der Waals surface area contributed by atoms with Crippen LogP contribution < -0.4 is 5.43 Å². The quantitative estimate of drug-likeness (QED) is 0.393. The smallest absolute Gasteiger partial charge is 0.443 e. The Morgan fingerprint density at radius 3 is 2.37 bits per heavy atom. The minimum Gasteiger partial charge on any atom is -0.506 e. The van der Waals surface area contributed by atoms with Gasteiger partial charge in [0.25, 0.3) is 5.91 Å². The van der Waals surface area contributed by atoms with Crippen molar-refractivity contribution in [2.45, 2.75) is 12.4 Å². The maximum atomic E-state index is 12.8. The van der Waals surface area contributed by atoms with E-state index in [-0.39, 0.29) is 15.6 Å². The molecule has 1 heterocycles. The third kappa shape index (κ3) is 5.02. The second kappa shape index (κ2) is 7.52. The van der Waals surface area contributed by atoms with E-state index in [4.69, 9.17) is 23.2 Å². The van der Waals surface area contributed by atoms with Gasteiger partial charge in [0.05, 0.1) is 11.2 Å². The number of phenolic OH excluding ortho intramolecular Hbond substituents is 1. The molecule has 1 aromatic heterocycles. The van der Waals surface area contributed by atoms with Gasteiger partial charge in [0.1, 0.15) is 10.6 Å². The minimum absolute atomic E-state index is 0.0854. The first-order chi connectivity index (χ1) is 12.3. The molecule has 5 nitrogen and oxygen atoms in total. The van der Waals surface area contributed by atoms with Crippen LogP contribution in [-0.2, 0) is 12.4 Å². The summed E-state index contributed by atoms with van der Waals surface area (Å²) in [6.45, 7) is 0. The number of aromatic hydroxyl groups is 1. The number of thiazole rings is 1. The van der Waals surface area contributed by atoms with Gasteiger partial charge in [-0.3, -0.25) is 4.79 Å². The van der Waals surface area contributed by atoms with Gasteiger partial charge in [0, 0.05) is 10.6 Å². The molecule has 2 N–H and O–H groups in total. The van der Waals surface area contributed by atoms with Crippen molar-refractivity contribution in [2.75, 3.05) is 0 Å². The summed E-state index contributed by atoms with van der Waals surface area (Å²) in [5.74, 6) is -2.05. The molecular weight excluding hydrogens is 447 g/mol. The van der Waals surface area contributed by atoms with Gasteiger partial charge in [-0.05, 0) is 12.1 Å². The van der Waals surface area contributed by atoms with E-state index in [2.05, 4.69) is 10.1 Å². The molecule has 0 radical (unpaired) electrons. The Balaban J connectivity index is 2.30. The number of rotatable bonds is 3. The summed E-state index contributed by atoms with van der Waals surface area (Å²) in [5.41, 5.74) is -0.451. The number of hydrazone groups is 1. The molecule has 0 saturated heterocycles. The monoisotopic (exact) mass is 451 g/mol. The molecule has 1 amide bonds. The Bertz CT molecular complexity index is 911. The molecule has 0 atom stereocenters. The van der Waals surface area contributed by atoms with Crippen LogP contribution in [0.3, 0.4) is 0 Å². The standard InChI is InChI=1S/C13H5Cl2F6N3O2S/c14-5-1-4(7(25)6(15)2-5)3-22-24-10(26)8-9(12(16,17)18)23-11(27-8)13(19,20)21/h1-3,25H,(H,24,26)/b22-3+. The fourth-order valence-electron chi connectivity index (χ4n) is 1.68. The Hall–Kier alpha value is -2.05. The number of amides is 1. The van der Waals surface area contributed by atoms with Gasteiger partial charge in [-0.1, -0.05) is 23.2 Å². The van der Waals surface area contributed by atoms with E-state index in [1.54, 1.807) is 5.43 Å². The number of nitrogens with zero attached hydrogens (tertiary/aromatic N) is 2. The van der Waals surface area contributed by atoms with Crippen molar-refractivity contribution in [3.63, 3.8) is 0 Å². The van der Waals surface area contributed by atoms with Crippen molar-refractivity contribution in [1.29, 1.82) is 0 Å². The van der Waals surface area contributed by atoms with Crippen LogP contribution in [0.1, 0.15) is 25.9 Å². The fraction of sp³-hybridized carbons (Fsp3) is 0.154. The largest absolute Gasteiger partial charge is 0.506 e. The highest BCUT2D eigenvalue weighted by Crippen LogP contribution is 2.40. The number of hydrogen-bond donors (Lipinski definition) is 2. The second-order valence-corrected chi connectivity index (χ2v) is 6.56. The van der Waals surface area contributed by atoms with Crippen LogP contribution in [0.5, 0.6) is 5.75 Å². The summed E-state index contributed by atoms with van der Waals surface area (Å²) in [6, 6.07) is 2.37. The van der Waals surface area contributed by atoms with Crippen molar-refractivity contribution in [1.82, 2.24) is 10.4 Å². The SMILES string of the molecule is O=C(N/N=C/c1cc(Cl)cc(Cl)c1O)c1sc(C(F)(F)F)nc1C(F)(F)F. The second-order valence-electron chi connectivity index (χ2n) is 4.72. The predicted octanol–water partition coefficient (Wildman–Crippen LogP) is 4.96. The van der Waals surface area contributed by atoms with Gasteiger partial charge in [-0.15, -0.1) is 11.3 Å². The van der Waals surface area contributed by atoms with Crippen molar-refractivity contribution in [2.24, 2.45) is 5.10 Å². The topological polar surface area (TPSA) is 74.6 Å². The van der Waals surface area contributed by atoms with Crippen LogP contribution in [0.4, 0.5) is 26.3 Å². The van der Waals surface area contributed by atoms with Crippen LogP contribution in [0, 0.1) is 0 Å². The van der Waals surface area contributed by atoms with Crippen LogP contribution in [0.2, 0.25) is 10.0 Å². The van der Waals surface area contributed by atoms with Crippen molar-refractivity contribution in [3.05, 3.63) is 43.3 Å². The molecule has 0 aliphatic carbocycles. The highest BCUT2D eigenvalue weighted by atomic mass is 35.5. The van der Waals surface area contributed by atoms with Crippen molar-refractivity contribution >= 4 is 46.7 Å². The Morgan fingerprint density at radius 2 is 1.81 bits per heavy atom. The lowest BCUT2D eigenvalue weighted by Gasteiger charge is -2.05. The zero-order chi connectivity index (χ0) is 20.6. The first kappa shape index (κ1) is 21.3. The molecule has 27 heavy (non-hydrogen) atoms. The zero-order valence-electron chi connectivity index (χ0n) is 12.4. The molecule has 0 spiro atoms. The summed E-state index contributed by atoms with van der Waals surface area (Å²) in [7, 11) is 0. The van der Waals surface area contributed by atoms with Gasteiger partial charge < -0.3 is 5.11 Å². The molecular formula is C13H5Cl2F6N3O2S. The van der Waals surface area contributed by atoms with Crippen LogP contribution in [-0.4, -0.2) is 22.2 Å². The molecule has 0 aliphatic rings. The van der Waals surface area contributed by atoms with E-state index in [0.29, 0.717) is 0 Å². The number of halogens is 8. The Morgan fingerprint density at radius 1 is 1.19 bits per heavy atom. The number of alkyl halides is 6. The van der Waals surface area contributed by atoms with E-state index in [9.17, 15) is 36.2 Å². The maximum absolute atomic E-state index is 12.8. The molecule has 1 aromatic carbocycles. The normalized spacial score (nSPS) is 12.6. The molecule has 0 bridgehead atoms. The summed E-state index contributed by atoms with van der Waals surface area (Å²) < 4.78 is 76.3. The molecule has 0 unspecified atom stereocenters. The number of benzene rings is 1. The molecule has 146 valence electrons. The van der Waals surface area contributed by atoms with Gasteiger partial charge in [0.2, 0.25) is 0 Å². The van der Waals surface area contributed by atoms with E-state index in [1.807, 2.05) is 0 Å². The molecule has 0 fully saturated rings. The highest BCUT2D eigenvalue weighted by Gasteiger charge is 2.44. The number of carbonyl (C=O) groups excluding carboxylic acids is 1. The summed E-state index contributed by atoms with van der Waals surface area (Å²) in [5, 5.41) is 11.1. The Kier molecular flexibility index (Phi) is 5.92. The lowest BCUT2D eigenvalue weighted by Crippen LogP contribution is -2.21. The fourth-order valence-corrected chi connectivity index (χ4v) is 3.03. The van der Waals surface area contributed by atoms with Gasteiger partial charge in [0.15, 0.2) is 10.7 Å². The van der Waals surface area contributed by atoms with Crippen LogP contribution in [0.25, 0.3) is 0 Å². The molecule has 14 heteroatoms. The van der Waals surface area contributed by atoms with E-state index >= 15 is 0 Å². The first-order valence-corrected chi connectivity index (χ1v) is 8.04. The Labute approximate surface area is 160 Å². The maximum Gasteiger partial charge on any atom is 0.443 e. The van der Waals surface area contributed by atoms with Gasteiger partial charge in [-0.25, -0.2) is 10.4 Å². The van der Waals surface area contributed by atoms with Gasteiger partial charge in [-0.2, -0.15) is 31.4 Å². The van der Waals surface area contributed by atoms with E-state index < -0.39 is 50.9 Å². The average Bonchev–Trinajstić information content (AvgIpc) is 2.97. The summed E-state index contributed by atoms with van der Waals surface area (Å²) in [4.78, 5) is 13.0. The van der Waals surface area contributed by atoms with E-state index in [0.717, 1.165) is 6.21 Å². The van der Waals surface area contributed by atoms with Crippen LogP contribution in [0.15, 0.2) is 17.2 Å². The minimum atomic E-state index is -5.28. The zero-order valence-corrected chi connectivity index (χ0v) is 14.7. The lowest BCUT2D eigenvalue weighted by molar-refractivity contribution is -0.147. The van der Waals surface area contributed by atoms with Crippen molar-refractivity contribution in [3.8, 4) is 5.75 Å². The number of aromatic nitrogens is 1. The summed E-state index contributed by atoms with van der Waals surface area (Å²) >= 11 is 10.9. The predicted molar refractivity (Wildman–Crippen MR) is 85.3 cm³/mol. The van der Waals surface area contributed by atoms with Crippen LogP contribution >= 0.6 is 34.5 Å². The lowest BCUT2D eigenvalue weighted by atomic mass is 10.2. The van der Waals surface area contributed by atoms with Crippen molar-refractivity contribution < 1.29 is 36.2 Å². The third-order valence-corrected chi connectivity index (χ3v) is 4.38. The van der Waals surface area contributed by atoms with E-state index in [1.165, 1.54) is 12.1 Å². The molecule has 0 aliphatic heterocycles.